The molecule has 1 saturated heterocycles. The number of thioether (sulfide) groups is 1. The van der Waals surface area contributed by atoms with E-state index < -0.39 is 12.0 Å². The molecule has 1 N–H and O–H groups in total. The normalized spacial score (nSPS) is 18.1. The molecule has 0 radical (unpaired) electrons. The topological polar surface area (TPSA) is 57.6 Å². The molecule has 0 spiro atoms. The average molecular weight is 366 g/mol. The Morgan fingerprint density at radius 3 is 2.67 bits per heavy atom. The van der Waals surface area contributed by atoms with Gasteiger partial charge in [0.25, 0.3) is 5.91 Å². The molecule has 4 nitrogen and oxygen atoms in total. The number of hydrogen-bond donors (Lipinski definition) is 1. The van der Waals surface area contributed by atoms with Crippen molar-refractivity contribution in [1.29, 1.82) is 0 Å². The van der Waals surface area contributed by atoms with Gasteiger partial charge >= 0.3 is 5.97 Å². The third-order valence-corrected chi connectivity index (χ3v) is 4.98. The first-order chi connectivity index (χ1) is 10.1. The lowest BCUT2D eigenvalue weighted by molar-refractivity contribution is -0.140. The summed E-state index contributed by atoms with van der Waals surface area (Å²) in [6, 6.07) is 10.5. The number of benzene rings is 2. The number of carbonyl (C=O) groups excluding carboxylic acids is 1. The molecule has 6 heteroatoms. The van der Waals surface area contributed by atoms with Gasteiger partial charge in [0.05, 0.1) is 5.88 Å². The van der Waals surface area contributed by atoms with E-state index in [0.29, 0.717) is 17.2 Å². The number of carbonyl (C=O) groups is 2. The second kappa shape index (κ2) is 5.69. The maximum absolute atomic E-state index is 12.5. The molecule has 0 aromatic heterocycles. The van der Waals surface area contributed by atoms with Crippen LogP contribution in [0.4, 0.5) is 0 Å². The Balaban J connectivity index is 1.94. The second-order valence-electron chi connectivity index (χ2n) is 4.84. The molecule has 1 heterocycles. The molecule has 3 rings (SSSR count). The number of hydrogen-bond acceptors (Lipinski definition) is 3. The number of rotatable bonds is 2. The molecule has 0 unspecified atom stereocenters. The molecule has 1 amide bonds. The maximum Gasteiger partial charge on any atom is 0.327 e. The third-order valence-electron chi connectivity index (χ3n) is 3.48. The largest absolute Gasteiger partial charge is 0.480 e. The Bertz CT molecular complexity index is 734. The van der Waals surface area contributed by atoms with Gasteiger partial charge in [-0.25, -0.2) is 4.79 Å². The van der Waals surface area contributed by atoms with Gasteiger partial charge in [-0.1, -0.05) is 28.1 Å². The number of carboxylic acids is 1. The minimum Gasteiger partial charge on any atom is -0.480 e. The lowest BCUT2D eigenvalue weighted by Gasteiger charge is -2.20. The molecule has 2 aromatic rings. The Labute approximate surface area is 134 Å². The van der Waals surface area contributed by atoms with Gasteiger partial charge in [0.1, 0.15) is 6.04 Å². The Morgan fingerprint density at radius 2 is 1.90 bits per heavy atom. The van der Waals surface area contributed by atoms with Crippen LogP contribution in [-0.2, 0) is 4.79 Å². The lowest BCUT2D eigenvalue weighted by Crippen LogP contribution is -2.41. The van der Waals surface area contributed by atoms with E-state index in [1.54, 1.807) is 6.07 Å². The molecule has 21 heavy (non-hydrogen) atoms. The fourth-order valence-electron chi connectivity index (χ4n) is 2.36. The minimum absolute atomic E-state index is 0.225. The molecule has 1 fully saturated rings. The number of carboxylic acid groups (broad SMARTS) is 1. The lowest BCUT2D eigenvalue weighted by atomic mass is 10.1. The van der Waals surface area contributed by atoms with Crippen molar-refractivity contribution in [3.05, 3.63) is 46.4 Å². The zero-order valence-corrected chi connectivity index (χ0v) is 13.4. The highest BCUT2D eigenvalue weighted by Gasteiger charge is 2.34. The molecule has 0 aliphatic carbocycles. The Morgan fingerprint density at radius 1 is 1.19 bits per heavy atom. The van der Waals surface area contributed by atoms with Gasteiger partial charge < -0.3 is 10.0 Å². The van der Waals surface area contributed by atoms with Gasteiger partial charge in [-0.2, -0.15) is 0 Å². The van der Waals surface area contributed by atoms with Crippen LogP contribution in [0.3, 0.4) is 0 Å². The van der Waals surface area contributed by atoms with E-state index in [0.717, 1.165) is 15.2 Å². The number of fused-ring (bicyclic) bond motifs is 1. The molecule has 108 valence electrons. The Hall–Kier alpha value is -1.53. The predicted octanol–water partition coefficient (Wildman–Crippen LogP) is 3.20. The Kier molecular flexibility index (Phi) is 3.91. The van der Waals surface area contributed by atoms with Crippen LogP contribution in [0, 0.1) is 0 Å². The van der Waals surface area contributed by atoms with Gasteiger partial charge in [0.15, 0.2) is 0 Å². The summed E-state index contributed by atoms with van der Waals surface area (Å²) in [5, 5.41) is 11.2. The van der Waals surface area contributed by atoms with Gasteiger partial charge in [0.2, 0.25) is 0 Å². The maximum atomic E-state index is 12.5. The van der Waals surface area contributed by atoms with Gasteiger partial charge in [-0.3, -0.25) is 4.79 Å². The monoisotopic (exact) mass is 365 g/mol. The quantitative estimate of drug-likeness (QED) is 0.887. The van der Waals surface area contributed by atoms with Crippen molar-refractivity contribution in [1.82, 2.24) is 4.90 Å². The zero-order valence-electron chi connectivity index (χ0n) is 11.0. The van der Waals surface area contributed by atoms with Gasteiger partial charge in [-0.15, -0.1) is 11.8 Å². The first-order valence-corrected chi connectivity index (χ1v) is 8.32. The molecule has 1 aliphatic heterocycles. The summed E-state index contributed by atoms with van der Waals surface area (Å²) in [6.45, 7) is 0. The summed E-state index contributed by atoms with van der Waals surface area (Å²) in [7, 11) is 0. The molecule has 2 aromatic carbocycles. The SMILES string of the molecule is O=C(O)[C@@H]1CSCN1C(=O)c1ccc2cc(Br)ccc2c1. The van der Waals surface area contributed by atoms with Crippen molar-refractivity contribution in [3.8, 4) is 0 Å². The molecule has 0 bridgehead atoms. The van der Waals surface area contributed by atoms with E-state index in [2.05, 4.69) is 15.9 Å². The summed E-state index contributed by atoms with van der Waals surface area (Å²) < 4.78 is 0.982. The smallest absolute Gasteiger partial charge is 0.327 e. The van der Waals surface area contributed by atoms with Gasteiger partial charge in [0, 0.05) is 15.8 Å². The van der Waals surface area contributed by atoms with Crippen LogP contribution in [0.25, 0.3) is 10.8 Å². The second-order valence-corrected chi connectivity index (χ2v) is 6.75. The number of halogens is 1. The molecule has 1 aliphatic rings. The summed E-state index contributed by atoms with van der Waals surface area (Å²) >= 11 is 4.88. The standard InChI is InChI=1S/C15H12BrNO3S/c16-12-4-3-9-5-11(2-1-10(9)6-12)14(18)17-8-21-7-13(17)15(19)20/h1-6,13H,7-8H2,(H,19,20)/t13-/m0/s1. The van der Waals surface area contributed by atoms with Crippen molar-refractivity contribution in [2.75, 3.05) is 11.6 Å². The van der Waals surface area contributed by atoms with Crippen LogP contribution >= 0.6 is 27.7 Å². The van der Waals surface area contributed by atoms with E-state index in [1.165, 1.54) is 16.7 Å². The van der Waals surface area contributed by atoms with Crippen molar-refractivity contribution in [2.45, 2.75) is 6.04 Å². The van der Waals surface area contributed by atoms with E-state index in [9.17, 15) is 9.59 Å². The van der Waals surface area contributed by atoms with Crippen LogP contribution < -0.4 is 0 Å². The zero-order chi connectivity index (χ0) is 15.0. The van der Waals surface area contributed by atoms with Crippen molar-refractivity contribution in [3.63, 3.8) is 0 Å². The highest BCUT2D eigenvalue weighted by molar-refractivity contribution is 9.10. The number of nitrogens with zero attached hydrogens (tertiary/aromatic N) is 1. The highest BCUT2D eigenvalue weighted by atomic mass is 79.9. The van der Waals surface area contributed by atoms with E-state index in [4.69, 9.17) is 5.11 Å². The first kappa shape index (κ1) is 14.4. The molecular weight excluding hydrogens is 354 g/mol. The van der Waals surface area contributed by atoms with Crippen LogP contribution in [-0.4, -0.2) is 39.6 Å². The fraction of sp³-hybridized carbons (Fsp3) is 0.200. The summed E-state index contributed by atoms with van der Waals surface area (Å²) in [6.07, 6.45) is 0. The van der Waals surface area contributed by atoms with Crippen molar-refractivity contribution < 1.29 is 14.7 Å². The number of aliphatic carboxylic acids is 1. The van der Waals surface area contributed by atoms with Gasteiger partial charge in [-0.05, 0) is 35.0 Å². The third kappa shape index (κ3) is 2.78. The van der Waals surface area contributed by atoms with Crippen molar-refractivity contribution in [2.24, 2.45) is 0 Å². The van der Waals surface area contributed by atoms with E-state index in [1.807, 2.05) is 30.3 Å². The number of amides is 1. The summed E-state index contributed by atoms with van der Waals surface area (Å²) in [5.41, 5.74) is 0.526. The van der Waals surface area contributed by atoms with Crippen LogP contribution in [0.2, 0.25) is 0 Å². The molecule has 0 saturated carbocycles. The van der Waals surface area contributed by atoms with E-state index >= 15 is 0 Å². The molecular formula is C15H12BrNO3S. The fourth-order valence-corrected chi connectivity index (χ4v) is 3.89. The van der Waals surface area contributed by atoms with Crippen molar-refractivity contribution >= 4 is 50.3 Å². The average Bonchev–Trinajstić information content (AvgIpc) is 2.95. The predicted molar refractivity (Wildman–Crippen MR) is 86.6 cm³/mol. The summed E-state index contributed by atoms with van der Waals surface area (Å²) in [4.78, 5) is 25.1. The van der Waals surface area contributed by atoms with Crippen LogP contribution in [0.15, 0.2) is 40.9 Å². The van der Waals surface area contributed by atoms with Crippen LogP contribution in [0.1, 0.15) is 10.4 Å². The summed E-state index contributed by atoms with van der Waals surface area (Å²) in [5.74, 6) is -0.300. The van der Waals surface area contributed by atoms with Crippen LogP contribution in [0.5, 0.6) is 0 Å². The van der Waals surface area contributed by atoms with E-state index in [-0.39, 0.29) is 5.91 Å². The highest BCUT2D eigenvalue weighted by Crippen LogP contribution is 2.26. The minimum atomic E-state index is -0.946. The molecule has 1 atom stereocenters. The first-order valence-electron chi connectivity index (χ1n) is 6.37.